The van der Waals surface area contributed by atoms with E-state index in [1.165, 1.54) is 23.7 Å². The maximum atomic E-state index is 12.1. The van der Waals surface area contributed by atoms with Gasteiger partial charge in [0.05, 0.1) is 16.2 Å². The molecule has 0 radical (unpaired) electrons. The molecule has 19 heavy (non-hydrogen) atoms. The third-order valence-electron chi connectivity index (χ3n) is 2.66. The van der Waals surface area contributed by atoms with Crippen LogP contribution in [0.5, 0.6) is 0 Å². The van der Waals surface area contributed by atoms with Gasteiger partial charge in [-0.15, -0.1) is 0 Å². The van der Waals surface area contributed by atoms with Gasteiger partial charge in [-0.3, -0.25) is 0 Å². The van der Waals surface area contributed by atoms with Crippen LogP contribution in [-0.2, 0) is 16.3 Å². The van der Waals surface area contributed by atoms with Crippen LogP contribution in [0.3, 0.4) is 0 Å². The molecule has 0 heterocycles. The first-order valence-electron chi connectivity index (χ1n) is 5.66. The molecule has 0 saturated heterocycles. The molecule has 0 aliphatic heterocycles. The zero-order valence-corrected chi connectivity index (χ0v) is 12.3. The first-order chi connectivity index (χ1) is 8.81. The van der Waals surface area contributed by atoms with Gasteiger partial charge in [0, 0.05) is 5.54 Å². The Hall–Kier alpha value is -1.33. The van der Waals surface area contributed by atoms with Gasteiger partial charge in [0.15, 0.2) is 9.84 Å². The molecule has 0 spiro atoms. The maximum absolute atomic E-state index is 12.1. The average molecular weight is 303 g/mol. The highest BCUT2D eigenvalue weighted by molar-refractivity contribution is 7.91. The lowest BCUT2D eigenvalue weighted by molar-refractivity contribution is 0.0695. The van der Waals surface area contributed by atoms with Crippen LogP contribution in [0.1, 0.15) is 29.8 Å². The van der Waals surface area contributed by atoms with Crippen molar-refractivity contribution in [1.82, 2.24) is 0 Å². The molecule has 0 aliphatic carbocycles. The predicted octanol–water partition coefficient (Wildman–Crippen LogP) is 2.86. The molecule has 1 aromatic rings. The number of hydrogen-bond acceptors (Lipinski definition) is 3. The van der Waals surface area contributed by atoms with Crippen molar-refractivity contribution < 1.29 is 18.3 Å². The number of hydrogen-bond donors (Lipinski definition) is 1. The number of carboxylic acid groups (broad SMARTS) is 1. The Morgan fingerprint density at radius 2 is 2.05 bits per heavy atom. The van der Waals surface area contributed by atoms with Gasteiger partial charge in [-0.1, -0.05) is 24.6 Å². The Balaban J connectivity index is 3.29. The van der Waals surface area contributed by atoms with Gasteiger partial charge >= 0.3 is 5.97 Å². The van der Waals surface area contributed by atoms with E-state index < -0.39 is 15.8 Å². The summed E-state index contributed by atoms with van der Waals surface area (Å²) in [6.07, 6.45) is 0.530. The minimum Gasteiger partial charge on any atom is -0.478 e. The summed E-state index contributed by atoms with van der Waals surface area (Å²) in [6.45, 7) is 3.42. The van der Waals surface area contributed by atoms with Gasteiger partial charge in [0.1, 0.15) is 0 Å². The van der Waals surface area contributed by atoms with Crippen molar-refractivity contribution in [2.24, 2.45) is 0 Å². The number of halogens is 1. The molecule has 0 aliphatic rings. The van der Waals surface area contributed by atoms with Crippen molar-refractivity contribution in [2.75, 3.05) is 5.75 Å². The Kier molecular flexibility index (Phi) is 5.14. The minimum atomic E-state index is -3.57. The number of aromatic carboxylic acids is 1. The third-order valence-corrected chi connectivity index (χ3v) is 4.84. The average Bonchev–Trinajstić information content (AvgIpc) is 2.37. The molecule has 0 atom stereocenters. The van der Waals surface area contributed by atoms with Crippen molar-refractivity contribution in [1.29, 1.82) is 0 Å². The summed E-state index contributed by atoms with van der Waals surface area (Å²) in [5.74, 6) is -1.35. The van der Waals surface area contributed by atoms with Crippen molar-refractivity contribution in [3.8, 4) is 0 Å². The third kappa shape index (κ3) is 3.81. The Labute approximate surface area is 117 Å². The van der Waals surface area contributed by atoms with E-state index in [4.69, 9.17) is 16.7 Å². The number of carbonyl (C=O) groups is 1. The lowest BCUT2D eigenvalue weighted by atomic mass is 10.1. The summed E-state index contributed by atoms with van der Waals surface area (Å²) in [4.78, 5) is 11.1. The highest BCUT2D eigenvalue weighted by Gasteiger charge is 2.18. The topological polar surface area (TPSA) is 71.4 Å². The molecule has 1 N–H and O–H groups in total. The van der Waals surface area contributed by atoms with E-state index in [0.29, 0.717) is 17.6 Å². The van der Waals surface area contributed by atoms with Crippen molar-refractivity contribution in [3.05, 3.63) is 40.4 Å². The van der Waals surface area contributed by atoms with Gasteiger partial charge < -0.3 is 5.11 Å². The number of aryl methyl sites for hydroxylation is 1. The zero-order chi connectivity index (χ0) is 14.6. The van der Waals surface area contributed by atoms with Crippen LogP contribution in [0, 0.1) is 0 Å². The van der Waals surface area contributed by atoms with Crippen molar-refractivity contribution in [3.63, 3.8) is 0 Å². The molecule has 0 fully saturated rings. The van der Waals surface area contributed by atoms with E-state index in [1.54, 1.807) is 6.92 Å². The molecule has 0 unspecified atom stereocenters. The van der Waals surface area contributed by atoms with Gasteiger partial charge in [-0.05, 0) is 36.6 Å². The zero-order valence-electron chi connectivity index (χ0n) is 10.7. The second-order valence-electron chi connectivity index (χ2n) is 4.19. The molecular formula is C13H15ClO4S. The van der Waals surface area contributed by atoms with E-state index in [0.717, 1.165) is 0 Å². The van der Waals surface area contributed by atoms with Crippen LogP contribution in [0.4, 0.5) is 0 Å². The first-order valence-corrected chi connectivity index (χ1v) is 7.75. The number of benzene rings is 1. The van der Waals surface area contributed by atoms with E-state index >= 15 is 0 Å². The summed E-state index contributed by atoms with van der Waals surface area (Å²) in [5.41, 5.74) is 2.33. The lowest BCUT2D eigenvalue weighted by Gasteiger charge is -2.08. The fraction of sp³-hybridized carbons (Fsp3) is 0.308. The van der Waals surface area contributed by atoms with Crippen molar-refractivity contribution >= 4 is 27.4 Å². The van der Waals surface area contributed by atoms with E-state index in [1.807, 2.05) is 6.92 Å². The van der Waals surface area contributed by atoms with Crippen LogP contribution in [-0.4, -0.2) is 25.2 Å². The fourth-order valence-electron chi connectivity index (χ4n) is 1.67. The Morgan fingerprint density at radius 3 is 2.53 bits per heavy atom. The normalized spacial score (nSPS) is 12.5. The SMILES string of the molecule is CCc1ccc(S(=O)(=O)C/C(C)=C/Cl)cc1C(=O)O. The summed E-state index contributed by atoms with van der Waals surface area (Å²) >= 11 is 5.45. The molecule has 0 aromatic heterocycles. The Morgan fingerprint density at radius 1 is 1.42 bits per heavy atom. The minimum absolute atomic E-state index is 0.0000309. The van der Waals surface area contributed by atoms with Crippen molar-refractivity contribution in [2.45, 2.75) is 25.2 Å². The lowest BCUT2D eigenvalue weighted by Crippen LogP contribution is -2.10. The van der Waals surface area contributed by atoms with Gasteiger partial charge in [0.2, 0.25) is 0 Å². The highest BCUT2D eigenvalue weighted by Crippen LogP contribution is 2.19. The second kappa shape index (κ2) is 6.21. The molecule has 0 amide bonds. The van der Waals surface area contributed by atoms with E-state index in [-0.39, 0.29) is 16.2 Å². The van der Waals surface area contributed by atoms with Gasteiger partial charge in [-0.25, -0.2) is 13.2 Å². The molecule has 0 bridgehead atoms. The second-order valence-corrected chi connectivity index (χ2v) is 6.40. The molecule has 6 heteroatoms. The molecule has 4 nitrogen and oxygen atoms in total. The first kappa shape index (κ1) is 15.7. The van der Waals surface area contributed by atoms with Crippen LogP contribution in [0.2, 0.25) is 0 Å². The van der Waals surface area contributed by atoms with Gasteiger partial charge in [0.25, 0.3) is 0 Å². The van der Waals surface area contributed by atoms with E-state index in [2.05, 4.69) is 0 Å². The monoisotopic (exact) mass is 302 g/mol. The quantitative estimate of drug-likeness (QED) is 0.908. The smallest absolute Gasteiger partial charge is 0.336 e. The standard InChI is InChI=1S/C13H15ClO4S/c1-3-10-4-5-11(6-12(10)13(15)16)19(17,18)8-9(2)7-14/h4-7H,3,8H2,1-2H3,(H,15,16)/b9-7+. The predicted molar refractivity (Wildman–Crippen MR) is 74.4 cm³/mol. The van der Waals surface area contributed by atoms with Crippen LogP contribution in [0.25, 0.3) is 0 Å². The molecular weight excluding hydrogens is 288 g/mol. The summed E-state index contributed by atoms with van der Waals surface area (Å²) in [7, 11) is -3.57. The molecule has 1 aromatic carbocycles. The van der Waals surface area contributed by atoms with Crippen LogP contribution >= 0.6 is 11.6 Å². The largest absolute Gasteiger partial charge is 0.478 e. The number of carboxylic acids is 1. The van der Waals surface area contributed by atoms with E-state index in [9.17, 15) is 13.2 Å². The number of rotatable bonds is 5. The molecule has 1 rings (SSSR count). The summed E-state index contributed by atoms with van der Waals surface area (Å²) in [6, 6.07) is 4.18. The molecule has 104 valence electrons. The van der Waals surface area contributed by atoms with Crippen LogP contribution in [0.15, 0.2) is 34.2 Å². The summed E-state index contributed by atoms with van der Waals surface area (Å²) in [5, 5.41) is 9.09. The van der Waals surface area contributed by atoms with Gasteiger partial charge in [-0.2, -0.15) is 0 Å². The Bertz CT molecular complexity index is 618. The fourth-order valence-corrected chi connectivity index (χ4v) is 3.26. The molecule has 0 saturated carbocycles. The maximum Gasteiger partial charge on any atom is 0.336 e. The number of sulfone groups is 1. The highest BCUT2D eigenvalue weighted by atomic mass is 35.5. The summed E-state index contributed by atoms with van der Waals surface area (Å²) < 4.78 is 24.2. The van der Waals surface area contributed by atoms with Crippen LogP contribution < -0.4 is 0 Å².